The van der Waals surface area contributed by atoms with Crippen LogP contribution in [0.3, 0.4) is 0 Å². The number of likely N-dealkylation sites (tertiary alicyclic amines) is 1. The summed E-state index contributed by atoms with van der Waals surface area (Å²) in [4.78, 5) is 40.5. The van der Waals surface area contributed by atoms with Crippen LogP contribution >= 0.6 is 0 Å². The van der Waals surface area contributed by atoms with Crippen molar-refractivity contribution in [1.82, 2.24) is 9.80 Å². The van der Waals surface area contributed by atoms with Gasteiger partial charge in [0.05, 0.1) is 11.1 Å². The Morgan fingerprint density at radius 2 is 1.74 bits per heavy atom. The molecule has 0 bridgehead atoms. The van der Waals surface area contributed by atoms with Crippen molar-refractivity contribution in [2.24, 2.45) is 0 Å². The first-order valence-corrected chi connectivity index (χ1v) is 7.84. The number of aryl methyl sites for hydroxylation is 1. The quantitative estimate of drug-likeness (QED) is 0.621. The van der Waals surface area contributed by atoms with Gasteiger partial charge in [0.15, 0.2) is 0 Å². The molecule has 1 aromatic rings. The Balaban J connectivity index is 1.82. The van der Waals surface area contributed by atoms with Gasteiger partial charge in [-0.2, -0.15) is 0 Å². The molecule has 2 heterocycles. The maximum atomic E-state index is 12.7. The van der Waals surface area contributed by atoms with E-state index in [1.54, 1.807) is 30.0 Å². The standard InChI is InChI=1S/C18H20N2O3/c1-11-6-8-19(9-7-11)16(21)13(3)20-17(22)14-5-4-12(2)10-15(14)18(20)23/h4-5,10,13H,1,6-9H2,2-3H3. The lowest BCUT2D eigenvalue weighted by Gasteiger charge is -2.32. The van der Waals surface area contributed by atoms with Gasteiger partial charge in [0.2, 0.25) is 5.91 Å². The molecule has 3 rings (SSSR count). The zero-order valence-electron chi connectivity index (χ0n) is 13.5. The fourth-order valence-corrected chi connectivity index (χ4v) is 3.14. The van der Waals surface area contributed by atoms with Crippen molar-refractivity contribution < 1.29 is 14.4 Å². The third-order valence-electron chi connectivity index (χ3n) is 4.60. The summed E-state index contributed by atoms with van der Waals surface area (Å²) in [5.41, 5.74) is 2.83. The van der Waals surface area contributed by atoms with Crippen LogP contribution in [0.4, 0.5) is 0 Å². The van der Waals surface area contributed by atoms with Crippen molar-refractivity contribution in [1.29, 1.82) is 0 Å². The Labute approximate surface area is 135 Å². The molecule has 1 fully saturated rings. The molecule has 0 aliphatic carbocycles. The van der Waals surface area contributed by atoms with Gasteiger partial charge in [-0.15, -0.1) is 0 Å². The summed E-state index contributed by atoms with van der Waals surface area (Å²) in [7, 11) is 0. The number of imide groups is 1. The van der Waals surface area contributed by atoms with E-state index in [4.69, 9.17) is 0 Å². The number of carbonyl (C=O) groups is 3. The van der Waals surface area contributed by atoms with Gasteiger partial charge in [0.1, 0.15) is 6.04 Å². The van der Waals surface area contributed by atoms with Crippen LogP contribution in [0.15, 0.2) is 30.4 Å². The van der Waals surface area contributed by atoms with Crippen LogP contribution in [0.25, 0.3) is 0 Å². The summed E-state index contributed by atoms with van der Waals surface area (Å²) in [6.45, 7) is 8.63. The van der Waals surface area contributed by atoms with Crippen LogP contribution in [0.1, 0.15) is 46.0 Å². The highest BCUT2D eigenvalue weighted by atomic mass is 16.2. The summed E-state index contributed by atoms with van der Waals surface area (Å²) in [5, 5.41) is 0. The van der Waals surface area contributed by atoms with E-state index in [-0.39, 0.29) is 17.7 Å². The number of hydrogen-bond donors (Lipinski definition) is 0. The Morgan fingerprint density at radius 3 is 2.39 bits per heavy atom. The molecular formula is C18H20N2O3. The highest BCUT2D eigenvalue weighted by Gasteiger charge is 2.42. The molecule has 2 aliphatic rings. The maximum absolute atomic E-state index is 12.7. The fourth-order valence-electron chi connectivity index (χ4n) is 3.14. The first-order valence-electron chi connectivity index (χ1n) is 7.84. The number of amides is 3. The molecular weight excluding hydrogens is 292 g/mol. The molecule has 5 nitrogen and oxygen atoms in total. The van der Waals surface area contributed by atoms with Gasteiger partial charge >= 0.3 is 0 Å². The van der Waals surface area contributed by atoms with E-state index in [0.717, 1.165) is 28.9 Å². The van der Waals surface area contributed by atoms with E-state index < -0.39 is 6.04 Å². The summed E-state index contributed by atoms with van der Waals surface area (Å²) in [6, 6.07) is 4.38. The molecule has 3 amide bonds. The Kier molecular flexibility index (Phi) is 3.80. The summed E-state index contributed by atoms with van der Waals surface area (Å²) < 4.78 is 0. The van der Waals surface area contributed by atoms with Crippen molar-refractivity contribution in [3.8, 4) is 0 Å². The molecule has 1 aromatic carbocycles. The zero-order valence-corrected chi connectivity index (χ0v) is 13.5. The van der Waals surface area contributed by atoms with Crippen LogP contribution < -0.4 is 0 Å². The van der Waals surface area contributed by atoms with Gasteiger partial charge < -0.3 is 4.90 Å². The number of carbonyl (C=O) groups excluding carboxylic acids is 3. The second-order valence-electron chi connectivity index (χ2n) is 6.28. The second-order valence-corrected chi connectivity index (χ2v) is 6.28. The molecule has 1 saturated heterocycles. The van der Waals surface area contributed by atoms with E-state index in [1.165, 1.54) is 0 Å². The third-order valence-corrected chi connectivity index (χ3v) is 4.60. The van der Waals surface area contributed by atoms with Crippen LogP contribution in [0.5, 0.6) is 0 Å². The minimum absolute atomic E-state index is 0.177. The van der Waals surface area contributed by atoms with E-state index in [1.807, 2.05) is 6.92 Å². The van der Waals surface area contributed by atoms with Gasteiger partial charge in [-0.05, 0) is 38.8 Å². The van der Waals surface area contributed by atoms with Crippen molar-refractivity contribution >= 4 is 17.7 Å². The number of benzene rings is 1. The molecule has 0 aromatic heterocycles. The summed E-state index contributed by atoms with van der Waals surface area (Å²) >= 11 is 0. The minimum Gasteiger partial charge on any atom is -0.340 e. The van der Waals surface area contributed by atoms with Gasteiger partial charge in [-0.25, -0.2) is 0 Å². The average molecular weight is 312 g/mol. The van der Waals surface area contributed by atoms with E-state index >= 15 is 0 Å². The molecule has 5 heteroatoms. The first-order chi connectivity index (χ1) is 10.9. The number of nitrogens with zero attached hydrogens (tertiary/aromatic N) is 2. The van der Waals surface area contributed by atoms with Crippen LogP contribution in [-0.2, 0) is 4.79 Å². The Bertz CT molecular complexity index is 713. The normalized spacial score (nSPS) is 19.1. The number of piperidine rings is 1. The third kappa shape index (κ3) is 2.56. The van der Waals surface area contributed by atoms with Gasteiger partial charge in [0, 0.05) is 13.1 Å². The maximum Gasteiger partial charge on any atom is 0.262 e. The lowest BCUT2D eigenvalue weighted by Crippen LogP contribution is -2.50. The molecule has 120 valence electrons. The minimum atomic E-state index is -0.783. The predicted molar refractivity (Wildman–Crippen MR) is 86.1 cm³/mol. The van der Waals surface area contributed by atoms with Crippen molar-refractivity contribution in [3.05, 3.63) is 47.0 Å². The molecule has 0 N–H and O–H groups in total. The fraction of sp³-hybridized carbons (Fsp3) is 0.389. The molecule has 0 saturated carbocycles. The van der Waals surface area contributed by atoms with E-state index in [9.17, 15) is 14.4 Å². The van der Waals surface area contributed by atoms with Crippen LogP contribution in [0.2, 0.25) is 0 Å². The van der Waals surface area contributed by atoms with Crippen molar-refractivity contribution in [2.45, 2.75) is 32.7 Å². The lowest BCUT2D eigenvalue weighted by atomic mass is 10.1. The van der Waals surface area contributed by atoms with Gasteiger partial charge in [-0.1, -0.05) is 23.8 Å². The molecule has 1 atom stereocenters. The monoisotopic (exact) mass is 312 g/mol. The summed E-state index contributed by atoms with van der Waals surface area (Å²) in [6.07, 6.45) is 1.56. The van der Waals surface area contributed by atoms with E-state index in [0.29, 0.717) is 24.2 Å². The van der Waals surface area contributed by atoms with Gasteiger partial charge in [-0.3, -0.25) is 19.3 Å². The molecule has 2 aliphatic heterocycles. The van der Waals surface area contributed by atoms with Crippen LogP contribution in [0, 0.1) is 6.92 Å². The highest BCUT2D eigenvalue weighted by molar-refractivity contribution is 6.22. The number of fused-ring (bicyclic) bond motifs is 1. The van der Waals surface area contributed by atoms with Crippen LogP contribution in [-0.4, -0.2) is 46.7 Å². The number of hydrogen-bond acceptors (Lipinski definition) is 3. The van der Waals surface area contributed by atoms with Crippen molar-refractivity contribution in [2.75, 3.05) is 13.1 Å². The predicted octanol–water partition coefficient (Wildman–Crippen LogP) is 2.16. The largest absolute Gasteiger partial charge is 0.340 e. The molecule has 0 radical (unpaired) electrons. The number of rotatable bonds is 2. The zero-order chi connectivity index (χ0) is 16.7. The highest BCUT2D eigenvalue weighted by Crippen LogP contribution is 2.27. The SMILES string of the molecule is C=C1CCN(C(=O)C(C)N2C(=O)c3ccc(C)cc3C2=O)CC1. The lowest BCUT2D eigenvalue weighted by molar-refractivity contribution is -0.135. The molecule has 0 spiro atoms. The van der Waals surface area contributed by atoms with E-state index in [2.05, 4.69) is 6.58 Å². The smallest absolute Gasteiger partial charge is 0.262 e. The second kappa shape index (κ2) is 5.65. The Morgan fingerprint density at radius 1 is 1.13 bits per heavy atom. The van der Waals surface area contributed by atoms with Gasteiger partial charge in [0.25, 0.3) is 11.8 Å². The summed E-state index contributed by atoms with van der Waals surface area (Å²) in [5.74, 6) is -0.938. The Hall–Kier alpha value is -2.43. The topological polar surface area (TPSA) is 57.7 Å². The van der Waals surface area contributed by atoms with Crippen molar-refractivity contribution in [3.63, 3.8) is 0 Å². The first kappa shape index (κ1) is 15.5. The molecule has 23 heavy (non-hydrogen) atoms. The molecule has 1 unspecified atom stereocenters. The average Bonchev–Trinajstić information content (AvgIpc) is 2.77.